The van der Waals surface area contributed by atoms with Gasteiger partial charge in [-0.1, -0.05) is 86.3 Å². The second kappa shape index (κ2) is 12.5. The van der Waals surface area contributed by atoms with Crippen LogP contribution in [0.2, 0.25) is 36.3 Å². The Morgan fingerprint density at radius 3 is 2.10 bits per heavy atom. The van der Waals surface area contributed by atoms with Crippen molar-refractivity contribution in [3.8, 4) is 0 Å². The van der Waals surface area contributed by atoms with E-state index in [0.29, 0.717) is 24.7 Å². The zero-order valence-electron chi connectivity index (χ0n) is 27.5. The van der Waals surface area contributed by atoms with E-state index in [1.54, 1.807) is 0 Å². The number of hydrogen-bond donors (Lipinski definition) is 0. The third-order valence-corrected chi connectivity index (χ3v) is 20.1. The number of Topliss-reactive ketones (excluding diaryl/α,β-unsaturated/α-hetero) is 1. The molecule has 0 N–H and O–H groups in total. The molecule has 3 saturated carbocycles. The first-order valence-corrected chi connectivity index (χ1v) is 22.0. The van der Waals surface area contributed by atoms with Gasteiger partial charge in [0.15, 0.2) is 22.4 Å². The molecule has 0 amide bonds. The summed E-state index contributed by atoms with van der Waals surface area (Å²) in [5, 5.41) is 0.328. The zero-order chi connectivity index (χ0) is 29.3. The number of carbonyl (C=O) groups excluding carboxylic acids is 1. The molecule has 3 aliphatic rings. The Morgan fingerprint density at radius 2 is 1.56 bits per heavy atom. The SMILES string of the molecule is CCCCO[C@@]12CC[C@H](O[Si](C)(C)C(C)(C)C)[C@@H](C=C[C@H](O[Si](C)(C)C(C)(C)C)C3CCCCC3)[C@@H]1CC2=O. The van der Waals surface area contributed by atoms with Gasteiger partial charge in [-0.3, -0.25) is 4.79 Å². The maximum Gasteiger partial charge on any atom is 0.192 e. The van der Waals surface area contributed by atoms with E-state index in [1.165, 1.54) is 32.1 Å². The minimum absolute atomic E-state index is 0.142. The van der Waals surface area contributed by atoms with Crippen LogP contribution in [0.3, 0.4) is 0 Å². The molecule has 0 aromatic carbocycles. The Morgan fingerprint density at radius 1 is 0.949 bits per heavy atom. The van der Waals surface area contributed by atoms with Crippen molar-refractivity contribution < 1.29 is 18.4 Å². The second-order valence-corrected chi connectivity index (χ2v) is 25.5. The summed E-state index contributed by atoms with van der Waals surface area (Å²) in [4.78, 5) is 13.2. The van der Waals surface area contributed by atoms with E-state index in [2.05, 4.69) is 86.8 Å². The molecule has 6 heteroatoms. The third kappa shape index (κ3) is 7.39. The Hall–Kier alpha value is -0.276. The molecule has 0 aromatic rings. The van der Waals surface area contributed by atoms with Crippen molar-refractivity contribution in [3.63, 3.8) is 0 Å². The summed E-state index contributed by atoms with van der Waals surface area (Å²) in [6, 6.07) is 0. The van der Waals surface area contributed by atoms with Crippen molar-refractivity contribution in [3.05, 3.63) is 12.2 Å². The van der Waals surface area contributed by atoms with Gasteiger partial charge in [-0.15, -0.1) is 0 Å². The first kappa shape index (κ1) is 33.2. The summed E-state index contributed by atoms with van der Waals surface area (Å²) < 4.78 is 20.8. The lowest BCUT2D eigenvalue weighted by Crippen LogP contribution is -2.66. The van der Waals surface area contributed by atoms with Gasteiger partial charge in [-0.25, -0.2) is 0 Å². The summed E-state index contributed by atoms with van der Waals surface area (Å²) in [7, 11) is -3.91. The minimum atomic E-state index is -1.97. The van der Waals surface area contributed by atoms with Crippen LogP contribution < -0.4 is 0 Å². The molecule has 39 heavy (non-hydrogen) atoms. The van der Waals surface area contributed by atoms with Gasteiger partial charge >= 0.3 is 0 Å². The molecule has 0 radical (unpaired) electrons. The fraction of sp³-hybridized carbons (Fsp3) is 0.909. The van der Waals surface area contributed by atoms with Crippen LogP contribution in [0.25, 0.3) is 0 Å². The van der Waals surface area contributed by atoms with Crippen molar-refractivity contribution in [2.45, 2.75) is 167 Å². The van der Waals surface area contributed by atoms with Crippen molar-refractivity contribution in [1.82, 2.24) is 0 Å². The molecule has 3 aliphatic carbocycles. The van der Waals surface area contributed by atoms with Crippen molar-refractivity contribution in [2.75, 3.05) is 6.61 Å². The van der Waals surface area contributed by atoms with Gasteiger partial charge in [0.05, 0.1) is 12.2 Å². The highest BCUT2D eigenvalue weighted by molar-refractivity contribution is 6.74. The van der Waals surface area contributed by atoms with Gasteiger partial charge in [0.25, 0.3) is 0 Å². The highest BCUT2D eigenvalue weighted by Crippen LogP contribution is 2.54. The van der Waals surface area contributed by atoms with Gasteiger partial charge in [-0.2, -0.15) is 0 Å². The third-order valence-electron chi connectivity index (χ3n) is 11.2. The normalized spacial score (nSPS) is 30.3. The molecule has 0 heterocycles. The molecule has 0 spiro atoms. The molecule has 226 valence electrons. The smallest absolute Gasteiger partial charge is 0.192 e. The highest BCUT2D eigenvalue weighted by Gasteiger charge is 2.62. The average Bonchev–Trinajstić information content (AvgIpc) is 2.82. The lowest BCUT2D eigenvalue weighted by Gasteiger charge is -2.57. The summed E-state index contributed by atoms with van der Waals surface area (Å²) in [5.74, 6) is 1.30. The quantitative estimate of drug-likeness (QED) is 0.139. The molecule has 0 unspecified atom stereocenters. The fourth-order valence-electron chi connectivity index (χ4n) is 6.31. The molecule has 0 aliphatic heterocycles. The van der Waals surface area contributed by atoms with Gasteiger partial charge in [-0.05, 0) is 74.3 Å². The van der Waals surface area contributed by atoms with Crippen LogP contribution in [0, 0.1) is 17.8 Å². The van der Waals surface area contributed by atoms with E-state index in [-0.39, 0.29) is 34.1 Å². The number of unbranched alkanes of at least 4 members (excludes halogenated alkanes) is 1. The summed E-state index contributed by atoms with van der Waals surface area (Å²) in [6.07, 6.45) is 16.0. The number of rotatable bonds is 11. The van der Waals surface area contributed by atoms with E-state index >= 15 is 0 Å². The standard InChI is InChI=1S/C33H62O4Si2/c1-12-13-23-35-33-22-21-29(37-39(10,11)32(5,6)7)26(27(33)24-30(33)34)19-20-28(25-17-15-14-16-18-25)36-38(8,9)31(2,3)4/h19-20,25-29H,12-18,21-24H2,1-11H3/t26-,27-,28-,29-,33-/m0/s1. The lowest BCUT2D eigenvalue weighted by atomic mass is 9.55. The Kier molecular flexibility index (Phi) is 10.7. The van der Waals surface area contributed by atoms with Crippen molar-refractivity contribution in [2.24, 2.45) is 17.8 Å². The highest BCUT2D eigenvalue weighted by atomic mass is 28.4. The lowest BCUT2D eigenvalue weighted by molar-refractivity contribution is -0.198. The Balaban J connectivity index is 1.94. The largest absolute Gasteiger partial charge is 0.413 e. The van der Waals surface area contributed by atoms with Crippen LogP contribution in [-0.2, 0) is 18.4 Å². The molecule has 0 aromatic heterocycles. The van der Waals surface area contributed by atoms with Crippen LogP contribution >= 0.6 is 0 Å². The van der Waals surface area contributed by atoms with Crippen LogP contribution in [0.15, 0.2) is 12.2 Å². The number of hydrogen-bond acceptors (Lipinski definition) is 4. The summed E-state index contributed by atoms with van der Waals surface area (Å²) in [5.41, 5.74) is -0.599. The molecule has 0 saturated heterocycles. The second-order valence-electron chi connectivity index (χ2n) is 16.0. The maximum absolute atomic E-state index is 13.2. The maximum atomic E-state index is 13.2. The van der Waals surface area contributed by atoms with Gasteiger partial charge in [0.1, 0.15) is 5.60 Å². The van der Waals surface area contributed by atoms with Crippen LogP contribution in [0.4, 0.5) is 0 Å². The summed E-state index contributed by atoms with van der Waals surface area (Å²) >= 11 is 0. The number of fused-ring (bicyclic) bond motifs is 1. The molecule has 0 bridgehead atoms. The van der Waals surface area contributed by atoms with Gasteiger partial charge < -0.3 is 13.6 Å². The van der Waals surface area contributed by atoms with Gasteiger partial charge in [0.2, 0.25) is 0 Å². The van der Waals surface area contributed by atoms with Crippen LogP contribution in [-0.4, -0.2) is 46.8 Å². The van der Waals surface area contributed by atoms with E-state index in [1.807, 2.05) is 0 Å². The Bertz CT molecular complexity index is 847. The predicted molar refractivity (Wildman–Crippen MR) is 169 cm³/mol. The number of ether oxygens (including phenoxy) is 1. The fourth-order valence-corrected chi connectivity index (χ4v) is 9.00. The van der Waals surface area contributed by atoms with E-state index in [9.17, 15) is 4.79 Å². The summed E-state index contributed by atoms with van der Waals surface area (Å²) in [6.45, 7) is 26.4. The topological polar surface area (TPSA) is 44.8 Å². The molecule has 4 nitrogen and oxygen atoms in total. The van der Waals surface area contributed by atoms with Crippen LogP contribution in [0.5, 0.6) is 0 Å². The number of ketones is 1. The van der Waals surface area contributed by atoms with Crippen molar-refractivity contribution in [1.29, 1.82) is 0 Å². The monoisotopic (exact) mass is 578 g/mol. The zero-order valence-corrected chi connectivity index (χ0v) is 29.5. The Labute approximate surface area is 243 Å². The number of carbonyl (C=O) groups is 1. The van der Waals surface area contributed by atoms with Crippen molar-refractivity contribution >= 4 is 22.4 Å². The molecule has 5 atom stereocenters. The predicted octanol–water partition coefficient (Wildman–Crippen LogP) is 9.46. The van der Waals surface area contributed by atoms with E-state index < -0.39 is 22.2 Å². The van der Waals surface area contributed by atoms with Gasteiger partial charge in [0, 0.05) is 24.9 Å². The minimum Gasteiger partial charge on any atom is -0.413 e. The molecule has 3 rings (SSSR count). The van der Waals surface area contributed by atoms with Crippen LogP contribution in [0.1, 0.15) is 113 Å². The molecular formula is C33H62O4Si2. The van der Waals surface area contributed by atoms with E-state index in [0.717, 1.165) is 25.7 Å². The van der Waals surface area contributed by atoms with E-state index in [4.69, 9.17) is 13.6 Å². The molecule has 3 fully saturated rings. The average molecular weight is 579 g/mol. The first-order valence-electron chi connectivity index (χ1n) is 16.2. The molecular weight excluding hydrogens is 517 g/mol. The first-order chi connectivity index (χ1) is 18.0.